The fourth-order valence-corrected chi connectivity index (χ4v) is 2.59. The number of rotatable bonds is 5. The van der Waals surface area contributed by atoms with Crippen LogP contribution in [0.5, 0.6) is 0 Å². The Morgan fingerprint density at radius 2 is 2.35 bits per heavy atom. The van der Waals surface area contributed by atoms with Gasteiger partial charge in [0.2, 0.25) is 5.16 Å². The van der Waals surface area contributed by atoms with Crippen LogP contribution >= 0.6 is 11.8 Å². The van der Waals surface area contributed by atoms with Crippen molar-refractivity contribution in [3.05, 3.63) is 18.2 Å². The number of aryl methyl sites for hydroxylation is 2. The Morgan fingerprint density at radius 1 is 1.47 bits per heavy atom. The SMILES string of the molecule is Cc1nccn1CCSc1nnnn1C1CC1. The summed E-state index contributed by atoms with van der Waals surface area (Å²) in [4.78, 5) is 4.20. The first-order valence-electron chi connectivity index (χ1n) is 5.73. The first-order valence-corrected chi connectivity index (χ1v) is 6.71. The van der Waals surface area contributed by atoms with Crippen molar-refractivity contribution in [2.45, 2.75) is 37.5 Å². The quantitative estimate of drug-likeness (QED) is 0.749. The topological polar surface area (TPSA) is 61.4 Å². The number of thioether (sulfide) groups is 1. The summed E-state index contributed by atoms with van der Waals surface area (Å²) in [5.74, 6) is 2.01. The minimum atomic E-state index is 0.544. The van der Waals surface area contributed by atoms with Crippen LogP contribution in [0.15, 0.2) is 17.6 Å². The monoisotopic (exact) mass is 250 g/mol. The second-order valence-corrected chi connectivity index (χ2v) is 5.22. The highest BCUT2D eigenvalue weighted by Crippen LogP contribution is 2.36. The van der Waals surface area contributed by atoms with Crippen molar-refractivity contribution in [1.29, 1.82) is 0 Å². The van der Waals surface area contributed by atoms with Crippen molar-refractivity contribution < 1.29 is 0 Å². The van der Waals surface area contributed by atoms with Gasteiger partial charge in [0.15, 0.2) is 0 Å². The lowest BCUT2D eigenvalue weighted by atomic mass is 10.6. The van der Waals surface area contributed by atoms with Gasteiger partial charge in [-0.3, -0.25) is 0 Å². The van der Waals surface area contributed by atoms with Gasteiger partial charge in [-0.1, -0.05) is 11.8 Å². The molecule has 0 bridgehead atoms. The van der Waals surface area contributed by atoms with Gasteiger partial charge in [-0.2, -0.15) is 0 Å². The van der Waals surface area contributed by atoms with Gasteiger partial charge in [0.1, 0.15) is 5.82 Å². The Bertz CT molecular complexity index is 500. The molecule has 0 atom stereocenters. The summed E-state index contributed by atoms with van der Waals surface area (Å²) >= 11 is 1.71. The lowest BCUT2D eigenvalue weighted by Crippen LogP contribution is -2.03. The van der Waals surface area contributed by atoms with Gasteiger partial charge in [0.05, 0.1) is 6.04 Å². The van der Waals surface area contributed by atoms with E-state index >= 15 is 0 Å². The van der Waals surface area contributed by atoms with E-state index in [9.17, 15) is 0 Å². The second kappa shape index (κ2) is 4.48. The van der Waals surface area contributed by atoms with Gasteiger partial charge in [-0.05, 0) is 30.2 Å². The number of nitrogens with zero attached hydrogens (tertiary/aromatic N) is 6. The minimum absolute atomic E-state index is 0.544. The summed E-state index contributed by atoms with van der Waals surface area (Å²) in [6.07, 6.45) is 6.24. The van der Waals surface area contributed by atoms with Crippen LogP contribution in [-0.2, 0) is 6.54 Å². The summed E-state index contributed by atoms with van der Waals surface area (Å²) in [7, 11) is 0. The lowest BCUT2D eigenvalue weighted by Gasteiger charge is -2.04. The largest absolute Gasteiger partial charge is 0.334 e. The molecule has 2 aromatic heterocycles. The number of imidazole rings is 1. The molecule has 1 saturated carbocycles. The average Bonchev–Trinajstić information content (AvgIpc) is 2.93. The van der Waals surface area contributed by atoms with Crippen molar-refractivity contribution in [3.63, 3.8) is 0 Å². The van der Waals surface area contributed by atoms with E-state index < -0.39 is 0 Å². The summed E-state index contributed by atoms with van der Waals surface area (Å²) in [5.41, 5.74) is 0. The lowest BCUT2D eigenvalue weighted by molar-refractivity contribution is 0.565. The molecule has 0 spiro atoms. The number of aromatic nitrogens is 6. The van der Waals surface area contributed by atoms with E-state index in [0.29, 0.717) is 6.04 Å². The molecular weight excluding hydrogens is 236 g/mol. The molecule has 0 saturated heterocycles. The molecule has 17 heavy (non-hydrogen) atoms. The third-order valence-corrected chi connectivity index (χ3v) is 3.76. The van der Waals surface area contributed by atoms with Crippen LogP contribution in [0.3, 0.4) is 0 Å². The highest BCUT2D eigenvalue weighted by molar-refractivity contribution is 7.99. The maximum atomic E-state index is 4.20. The molecule has 0 aromatic carbocycles. The molecule has 0 aliphatic heterocycles. The van der Waals surface area contributed by atoms with Gasteiger partial charge in [0, 0.05) is 24.7 Å². The van der Waals surface area contributed by atoms with Gasteiger partial charge >= 0.3 is 0 Å². The average molecular weight is 250 g/mol. The second-order valence-electron chi connectivity index (χ2n) is 4.15. The van der Waals surface area contributed by atoms with E-state index in [2.05, 4.69) is 25.1 Å². The molecule has 7 heteroatoms. The van der Waals surface area contributed by atoms with Crippen LogP contribution in [0.4, 0.5) is 0 Å². The van der Waals surface area contributed by atoms with Gasteiger partial charge < -0.3 is 4.57 Å². The Labute approximate surface area is 103 Å². The van der Waals surface area contributed by atoms with Crippen molar-refractivity contribution in [3.8, 4) is 0 Å². The van der Waals surface area contributed by atoms with E-state index in [1.807, 2.05) is 24.0 Å². The molecular formula is C10H14N6S. The van der Waals surface area contributed by atoms with Gasteiger partial charge in [-0.15, -0.1) is 5.10 Å². The van der Waals surface area contributed by atoms with Crippen LogP contribution in [0.25, 0.3) is 0 Å². The van der Waals surface area contributed by atoms with E-state index in [1.165, 1.54) is 12.8 Å². The number of tetrazole rings is 1. The molecule has 0 N–H and O–H groups in total. The van der Waals surface area contributed by atoms with Crippen LogP contribution in [0.2, 0.25) is 0 Å². The van der Waals surface area contributed by atoms with Crippen molar-refractivity contribution >= 4 is 11.8 Å². The first-order chi connectivity index (χ1) is 8.34. The Hall–Kier alpha value is -1.37. The van der Waals surface area contributed by atoms with E-state index in [1.54, 1.807) is 11.8 Å². The third kappa shape index (κ3) is 2.33. The van der Waals surface area contributed by atoms with Crippen molar-refractivity contribution in [2.24, 2.45) is 0 Å². The fourth-order valence-electron chi connectivity index (χ4n) is 1.70. The Kier molecular flexibility index (Phi) is 2.84. The van der Waals surface area contributed by atoms with Crippen LogP contribution in [0, 0.1) is 6.92 Å². The van der Waals surface area contributed by atoms with Crippen molar-refractivity contribution in [2.75, 3.05) is 5.75 Å². The molecule has 0 amide bonds. The first kappa shape index (κ1) is 10.8. The molecule has 1 fully saturated rings. The Morgan fingerprint density at radius 3 is 3.06 bits per heavy atom. The fraction of sp³-hybridized carbons (Fsp3) is 0.600. The highest BCUT2D eigenvalue weighted by Gasteiger charge is 2.27. The Balaban J connectivity index is 1.57. The zero-order valence-electron chi connectivity index (χ0n) is 9.65. The van der Waals surface area contributed by atoms with E-state index in [-0.39, 0.29) is 0 Å². The summed E-state index contributed by atoms with van der Waals surface area (Å²) in [5, 5.41) is 12.8. The van der Waals surface area contributed by atoms with E-state index in [4.69, 9.17) is 0 Å². The van der Waals surface area contributed by atoms with Crippen LogP contribution in [-0.4, -0.2) is 35.5 Å². The predicted octanol–water partition coefficient (Wildman–Crippen LogP) is 1.31. The molecule has 3 rings (SSSR count). The molecule has 0 radical (unpaired) electrons. The highest BCUT2D eigenvalue weighted by atomic mass is 32.2. The summed E-state index contributed by atoms with van der Waals surface area (Å²) < 4.78 is 4.09. The molecule has 2 aromatic rings. The summed E-state index contributed by atoms with van der Waals surface area (Å²) in [6, 6.07) is 0.544. The normalized spacial score (nSPS) is 15.4. The molecule has 0 unspecified atom stereocenters. The summed E-state index contributed by atoms with van der Waals surface area (Å²) in [6.45, 7) is 2.95. The molecule has 1 aliphatic carbocycles. The van der Waals surface area contributed by atoms with Gasteiger partial charge in [0.25, 0.3) is 0 Å². The zero-order valence-corrected chi connectivity index (χ0v) is 10.5. The zero-order chi connectivity index (χ0) is 11.7. The minimum Gasteiger partial charge on any atom is -0.334 e. The smallest absolute Gasteiger partial charge is 0.209 e. The third-order valence-electron chi connectivity index (χ3n) is 2.84. The maximum absolute atomic E-state index is 4.20. The molecule has 6 nitrogen and oxygen atoms in total. The predicted molar refractivity (Wildman–Crippen MR) is 63.8 cm³/mol. The van der Waals surface area contributed by atoms with Crippen molar-refractivity contribution in [1.82, 2.24) is 29.8 Å². The van der Waals surface area contributed by atoms with Gasteiger partial charge in [-0.25, -0.2) is 9.67 Å². The standard InChI is InChI=1S/C10H14N6S/c1-8-11-4-5-15(8)6-7-17-10-12-13-14-16(10)9-2-3-9/h4-5,9H,2-3,6-7H2,1H3. The maximum Gasteiger partial charge on any atom is 0.209 e. The molecule has 90 valence electrons. The molecule has 2 heterocycles. The molecule has 1 aliphatic rings. The number of hydrogen-bond donors (Lipinski definition) is 0. The number of hydrogen-bond acceptors (Lipinski definition) is 5. The van der Waals surface area contributed by atoms with E-state index in [0.717, 1.165) is 23.3 Å². The van der Waals surface area contributed by atoms with Crippen LogP contribution in [0.1, 0.15) is 24.7 Å². The van der Waals surface area contributed by atoms with Crippen LogP contribution < -0.4 is 0 Å².